The summed E-state index contributed by atoms with van der Waals surface area (Å²) >= 11 is 0. The SMILES string of the molecule is CCC[C@H]1[C@@H](OCOC)C(=O)N1COC. The molecular formula is C10H19NO4. The van der Waals surface area contributed by atoms with Crippen molar-refractivity contribution in [1.29, 1.82) is 0 Å². The van der Waals surface area contributed by atoms with Crippen LogP contribution in [-0.2, 0) is 19.0 Å². The summed E-state index contributed by atoms with van der Waals surface area (Å²) in [7, 11) is 3.13. The zero-order chi connectivity index (χ0) is 11.3. The second-order valence-electron chi connectivity index (χ2n) is 3.58. The van der Waals surface area contributed by atoms with Crippen molar-refractivity contribution in [2.75, 3.05) is 27.7 Å². The highest BCUT2D eigenvalue weighted by Crippen LogP contribution is 2.26. The number of rotatable bonds is 7. The van der Waals surface area contributed by atoms with Crippen LogP contribution in [0.15, 0.2) is 0 Å². The first-order valence-corrected chi connectivity index (χ1v) is 5.16. The van der Waals surface area contributed by atoms with E-state index in [1.165, 1.54) is 0 Å². The Morgan fingerprint density at radius 1 is 1.33 bits per heavy atom. The molecule has 0 aromatic heterocycles. The molecule has 0 spiro atoms. The molecule has 1 fully saturated rings. The molecule has 1 heterocycles. The van der Waals surface area contributed by atoms with Crippen LogP contribution in [0.4, 0.5) is 0 Å². The predicted molar refractivity (Wildman–Crippen MR) is 54.2 cm³/mol. The van der Waals surface area contributed by atoms with Gasteiger partial charge in [-0.05, 0) is 6.42 Å². The van der Waals surface area contributed by atoms with Crippen LogP contribution in [0.2, 0.25) is 0 Å². The fourth-order valence-corrected chi connectivity index (χ4v) is 1.80. The number of amides is 1. The maximum atomic E-state index is 11.6. The quantitative estimate of drug-likeness (QED) is 0.462. The smallest absolute Gasteiger partial charge is 0.256 e. The largest absolute Gasteiger partial charge is 0.364 e. The topological polar surface area (TPSA) is 48.0 Å². The molecule has 0 aromatic rings. The van der Waals surface area contributed by atoms with E-state index in [1.54, 1.807) is 19.1 Å². The molecule has 1 amide bonds. The molecule has 15 heavy (non-hydrogen) atoms. The molecule has 0 bridgehead atoms. The highest BCUT2D eigenvalue weighted by molar-refractivity contribution is 5.88. The lowest BCUT2D eigenvalue weighted by atomic mass is 9.94. The normalized spacial score (nSPS) is 25.5. The zero-order valence-electron chi connectivity index (χ0n) is 9.56. The molecular weight excluding hydrogens is 198 g/mol. The lowest BCUT2D eigenvalue weighted by Gasteiger charge is -2.45. The van der Waals surface area contributed by atoms with Gasteiger partial charge in [0, 0.05) is 14.2 Å². The molecule has 0 radical (unpaired) electrons. The van der Waals surface area contributed by atoms with Gasteiger partial charge in [-0.1, -0.05) is 13.3 Å². The number of ether oxygens (including phenoxy) is 3. The number of β-lactam (4-membered cyclic amide) rings is 1. The van der Waals surface area contributed by atoms with Gasteiger partial charge in [0.25, 0.3) is 5.91 Å². The lowest BCUT2D eigenvalue weighted by Crippen LogP contribution is -2.65. The lowest BCUT2D eigenvalue weighted by molar-refractivity contribution is -0.197. The number of likely N-dealkylation sites (tertiary alicyclic amines) is 1. The number of hydrogen-bond donors (Lipinski definition) is 0. The first-order chi connectivity index (χ1) is 7.26. The van der Waals surface area contributed by atoms with Crippen molar-refractivity contribution in [3.63, 3.8) is 0 Å². The molecule has 1 aliphatic rings. The van der Waals surface area contributed by atoms with E-state index >= 15 is 0 Å². The molecule has 0 aliphatic carbocycles. The van der Waals surface area contributed by atoms with E-state index in [9.17, 15) is 4.79 Å². The van der Waals surface area contributed by atoms with E-state index in [1.807, 2.05) is 0 Å². The second-order valence-corrected chi connectivity index (χ2v) is 3.58. The highest BCUT2D eigenvalue weighted by atomic mass is 16.7. The van der Waals surface area contributed by atoms with Crippen LogP contribution in [0.1, 0.15) is 19.8 Å². The molecule has 1 rings (SSSR count). The van der Waals surface area contributed by atoms with Crippen molar-refractivity contribution in [2.45, 2.75) is 31.9 Å². The minimum Gasteiger partial charge on any atom is -0.364 e. The Kier molecular flexibility index (Phi) is 5.01. The summed E-state index contributed by atoms with van der Waals surface area (Å²) in [4.78, 5) is 13.3. The molecule has 1 saturated heterocycles. The Balaban J connectivity index is 2.45. The van der Waals surface area contributed by atoms with E-state index in [4.69, 9.17) is 14.2 Å². The minimum absolute atomic E-state index is 0.00708. The van der Waals surface area contributed by atoms with Gasteiger partial charge in [-0.15, -0.1) is 0 Å². The fraction of sp³-hybridized carbons (Fsp3) is 0.900. The van der Waals surface area contributed by atoms with Crippen LogP contribution >= 0.6 is 0 Å². The number of hydrogen-bond acceptors (Lipinski definition) is 4. The Morgan fingerprint density at radius 3 is 2.60 bits per heavy atom. The average Bonchev–Trinajstić information content (AvgIpc) is 2.25. The van der Waals surface area contributed by atoms with Crippen LogP contribution in [-0.4, -0.2) is 50.7 Å². The molecule has 88 valence electrons. The molecule has 5 heteroatoms. The second kappa shape index (κ2) is 6.05. The third-order valence-corrected chi connectivity index (χ3v) is 2.49. The van der Waals surface area contributed by atoms with E-state index < -0.39 is 0 Å². The van der Waals surface area contributed by atoms with Crippen LogP contribution in [0, 0.1) is 0 Å². The summed E-state index contributed by atoms with van der Waals surface area (Å²) in [5.41, 5.74) is 0. The van der Waals surface area contributed by atoms with E-state index in [-0.39, 0.29) is 24.8 Å². The number of carbonyl (C=O) groups excluding carboxylic acids is 1. The van der Waals surface area contributed by atoms with E-state index in [0.717, 1.165) is 12.8 Å². The fourth-order valence-electron chi connectivity index (χ4n) is 1.80. The molecule has 0 saturated carbocycles. The Hall–Kier alpha value is -0.650. The Morgan fingerprint density at radius 2 is 2.07 bits per heavy atom. The van der Waals surface area contributed by atoms with Crippen molar-refractivity contribution in [1.82, 2.24) is 4.90 Å². The summed E-state index contributed by atoms with van der Waals surface area (Å²) in [6.07, 6.45) is 1.61. The number of nitrogens with zero attached hydrogens (tertiary/aromatic N) is 1. The molecule has 0 unspecified atom stereocenters. The summed E-state index contributed by atoms with van der Waals surface area (Å²) in [6, 6.07) is 0.137. The van der Waals surface area contributed by atoms with Crippen molar-refractivity contribution in [2.24, 2.45) is 0 Å². The maximum absolute atomic E-state index is 11.6. The molecule has 1 aliphatic heterocycles. The average molecular weight is 217 g/mol. The van der Waals surface area contributed by atoms with Gasteiger partial charge in [-0.3, -0.25) is 4.79 Å². The van der Waals surface area contributed by atoms with Gasteiger partial charge in [-0.25, -0.2) is 0 Å². The summed E-state index contributed by atoms with van der Waals surface area (Å²) in [5.74, 6) is -0.00708. The molecule has 2 atom stereocenters. The maximum Gasteiger partial charge on any atom is 0.256 e. The predicted octanol–water partition coefficient (Wildman–Crippen LogP) is 0.590. The first-order valence-electron chi connectivity index (χ1n) is 5.16. The van der Waals surface area contributed by atoms with E-state index in [2.05, 4.69) is 6.92 Å². The van der Waals surface area contributed by atoms with Gasteiger partial charge in [-0.2, -0.15) is 0 Å². The van der Waals surface area contributed by atoms with Gasteiger partial charge in [0.2, 0.25) is 0 Å². The molecule has 5 nitrogen and oxygen atoms in total. The van der Waals surface area contributed by atoms with Gasteiger partial charge in [0.1, 0.15) is 13.5 Å². The standard InChI is InChI=1S/C10H19NO4/c1-4-5-8-9(15-7-14-3)10(12)11(8)6-13-2/h8-9H,4-7H2,1-3H3/t8-,9+/m0/s1. The Bertz CT molecular complexity index is 210. The van der Waals surface area contributed by atoms with Gasteiger partial charge in [0.15, 0.2) is 6.10 Å². The van der Waals surface area contributed by atoms with Gasteiger partial charge >= 0.3 is 0 Å². The van der Waals surface area contributed by atoms with Crippen molar-refractivity contribution < 1.29 is 19.0 Å². The molecule has 0 aromatic carbocycles. The van der Waals surface area contributed by atoms with Crippen molar-refractivity contribution in [3.8, 4) is 0 Å². The van der Waals surface area contributed by atoms with E-state index in [0.29, 0.717) is 6.73 Å². The van der Waals surface area contributed by atoms with Crippen molar-refractivity contribution >= 4 is 5.91 Å². The number of carbonyl (C=O) groups is 1. The van der Waals surface area contributed by atoms with Gasteiger partial charge in [0.05, 0.1) is 6.04 Å². The minimum atomic E-state index is -0.347. The van der Waals surface area contributed by atoms with Gasteiger partial charge < -0.3 is 19.1 Å². The zero-order valence-corrected chi connectivity index (χ0v) is 9.56. The summed E-state index contributed by atoms with van der Waals surface area (Å²) in [5, 5.41) is 0. The van der Waals surface area contributed by atoms with Crippen molar-refractivity contribution in [3.05, 3.63) is 0 Å². The monoisotopic (exact) mass is 217 g/mol. The summed E-state index contributed by atoms with van der Waals surface area (Å²) < 4.78 is 15.1. The van der Waals surface area contributed by atoms with Crippen LogP contribution in [0.3, 0.4) is 0 Å². The molecule has 0 N–H and O–H groups in total. The third kappa shape index (κ3) is 2.68. The van der Waals surface area contributed by atoms with Crippen LogP contribution in [0.5, 0.6) is 0 Å². The summed E-state index contributed by atoms with van der Waals surface area (Å²) in [6.45, 7) is 2.59. The highest BCUT2D eigenvalue weighted by Gasteiger charge is 2.47. The Labute approximate surface area is 90.3 Å². The number of methoxy groups -OCH3 is 2. The third-order valence-electron chi connectivity index (χ3n) is 2.49. The van der Waals surface area contributed by atoms with Crippen LogP contribution in [0.25, 0.3) is 0 Å². The van der Waals surface area contributed by atoms with Crippen LogP contribution < -0.4 is 0 Å². The first kappa shape index (κ1) is 12.4.